The number of methoxy groups -OCH3 is 1. The van der Waals surface area contributed by atoms with Gasteiger partial charge >= 0.3 is 0 Å². The number of para-hydroxylation sites is 1. The Morgan fingerprint density at radius 1 is 1.44 bits per heavy atom. The number of ether oxygens (including phenoxy) is 1. The van der Waals surface area contributed by atoms with Gasteiger partial charge in [0, 0.05) is 24.1 Å². The highest BCUT2D eigenvalue weighted by atomic mass is 16.5. The second-order valence-corrected chi connectivity index (χ2v) is 4.30. The van der Waals surface area contributed by atoms with Crippen molar-refractivity contribution in [2.75, 3.05) is 20.3 Å². The minimum atomic E-state index is 0.122. The molecule has 1 fully saturated rings. The van der Waals surface area contributed by atoms with Gasteiger partial charge < -0.3 is 15.2 Å². The number of aliphatic hydroxyl groups is 1. The summed E-state index contributed by atoms with van der Waals surface area (Å²) in [5.74, 6) is 0.982. The lowest BCUT2D eigenvalue weighted by Gasteiger charge is -2.18. The molecule has 2 N–H and O–H groups in total. The van der Waals surface area contributed by atoms with Crippen LogP contribution in [0, 0.1) is 0 Å². The van der Waals surface area contributed by atoms with E-state index in [9.17, 15) is 5.11 Å². The molecule has 0 spiro atoms. The molecule has 0 aromatic heterocycles. The third-order valence-electron chi connectivity index (χ3n) is 3.03. The Kier molecular flexibility index (Phi) is 3.80. The Morgan fingerprint density at radius 2 is 2.19 bits per heavy atom. The molecular weight excluding hydrogens is 202 g/mol. The Hall–Kier alpha value is -1.06. The maximum absolute atomic E-state index is 9.44. The predicted molar refractivity (Wildman–Crippen MR) is 63.8 cm³/mol. The molecule has 1 aliphatic rings. The Labute approximate surface area is 96.4 Å². The van der Waals surface area contributed by atoms with E-state index in [1.807, 2.05) is 24.3 Å². The third-order valence-corrected chi connectivity index (χ3v) is 3.03. The second kappa shape index (κ2) is 5.32. The largest absolute Gasteiger partial charge is 0.496 e. The number of nitrogens with one attached hydrogen (secondary N) is 1. The van der Waals surface area contributed by atoms with Gasteiger partial charge in [0.2, 0.25) is 0 Å². The molecule has 1 saturated carbocycles. The van der Waals surface area contributed by atoms with E-state index in [0.717, 1.165) is 17.9 Å². The van der Waals surface area contributed by atoms with Crippen LogP contribution in [0.15, 0.2) is 24.3 Å². The van der Waals surface area contributed by atoms with Crippen LogP contribution in [0.4, 0.5) is 0 Å². The van der Waals surface area contributed by atoms with Crippen LogP contribution in [0.5, 0.6) is 5.75 Å². The van der Waals surface area contributed by atoms with Crippen molar-refractivity contribution in [2.24, 2.45) is 0 Å². The van der Waals surface area contributed by atoms with Gasteiger partial charge in [-0.1, -0.05) is 18.2 Å². The Balaban J connectivity index is 2.04. The first kappa shape index (κ1) is 11.4. The van der Waals surface area contributed by atoms with E-state index in [2.05, 4.69) is 5.32 Å². The van der Waals surface area contributed by atoms with E-state index in [1.165, 1.54) is 12.8 Å². The Bertz CT molecular complexity index is 336. The van der Waals surface area contributed by atoms with Gasteiger partial charge in [0.25, 0.3) is 0 Å². The normalized spacial score (nSPS) is 17.1. The van der Waals surface area contributed by atoms with Crippen molar-refractivity contribution < 1.29 is 9.84 Å². The maximum Gasteiger partial charge on any atom is 0.122 e. The smallest absolute Gasteiger partial charge is 0.122 e. The van der Waals surface area contributed by atoms with Crippen molar-refractivity contribution in [3.63, 3.8) is 0 Å². The number of aliphatic hydroxyl groups excluding tert-OH is 1. The fourth-order valence-corrected chi connectivity index (χ4v) is 1.87. The van der Waals surface area contributed by atoms with Crippen molar-refractivity contribution in [3.8, 4) is 5.75 Å². The molecule has 3 heteroatoms. The first-order chi connectivity index (χ1) is 7.85. The van der Waals surface area contributed by atoms with Gasteiger partial charge in [0.15, 0.2) is 0 Å². The summed E-state index contributed by atoms with van der Waals surface area (Å²) >= 11 is 0. The molecule has 0 heterocycles. The standard InChI is InChI=1S/C13H19NO2/c1-16-13-5-3-2-4-12(13)10(9-15)8-14-11-6-7-11/h2-5,10-11,14-15H,6-9H2,1H3. The molecule has 1 atom stereocenters. The van der Waals surface area contributed by atoms with Gasteiger partial charge in [-0.2, -0.15) is 0 Å². The molecule has 16 heavy (non-hydrogen) atoms. The fourth-order valence-electron chi connectivity index (χ4n) is 1.87. The van der Waals surface area contributed by atoms with E-state index in [0.29, 0.717) is 6.04 Å². The second-order valence-electron chi connectivity index (χ2n) is 4.30. The van der Waals surface area contributed by atoms with Crippen molar-refractivity contribution >= 4 is 0 Å². The van der Waals surface area contributed by atoms with Crippen LogP contribution in [-0.4, -0.2) is 31.4 Å². The SMILES string of the molecule is COc1ccccc1C(CO)CNC1CC1. The van der Waals surface area contributed by atoms with Gasteiger partial charge in [-0.25, -0.2) is 0 Å². The van der Waals surface area contributed by atoms with E-state index < -0.39 is 0 Å². The summed E-state index contributed by atoms with van der Waals surface area (Å²) < 4.78 is 5.31. The zero-order valence-electron chi connectivity index (χ0n) is 9.65. The number of benzene rings is 1. The molecule has 1 aromatic rings. The van der Waals surface area contributed by atoms with Crippen molar-refractivity contribution in [3.05, 3.63) is 29.8 Å². The van der Waals surface area contributed by atoms with Gasteiger partial charge in [-0.3, -0.25) is 0 Å². The van der Waals surface area contributed by atoms with Crippen molar-refractivity contribution in [2.45, 2.75) is 24.8 Å². The molecule has 1 aromatic carbocycles. The highest BCUT2D eigenvalue weighted by Crippen LogP contribution is 2.27. The summed E-state index contributed by atoms with van der Waals surface area (Å²) in [7, 11) is 1.67. The van der Waals surface area contributed by atoms with Gasteiger partial charge in [0.1, 0.15) is 5.75 Å². The first-order valence-electron chi connectivity index (χ1n) is 5.82. The zero-order chi connectivity index (χ0) is 11.4. The van der Waals surface area contributed by atoms with E-state index in [1.54, 1.807) is 7.11 Å². The molecule has 1 aliphatic carbocycles. The summed E-state index contributed by atoms with van der Waals surface area (Å²) in [6.45, 7) is 0.974. The van der Waals surface area contributed by atoms with Crippen molar-refractivity contribution in [1.29, 1.82) is 0 Å². The van der Waals surface area contributed by atoms with Gasteiger partial charge in [0.05, 0.1) is 13.7 Å². The maximum atomic E-state index is 9.44. The van der Waals surface area contributed by atoms with Crippen LogP contribution in [0.3, 0.4) is 0 Å². The van der Waals surface area contributed by atoms with Crippen LogP contribution in [0.25, 0.3) is 0 Å². The molecule has 0 saturated heterocycles. The summed E-state index contributed by atoms with van der Waals surface area (Å²) in [5, 5.41) is 12.9. The average molecular weight is 221 g/mol. The average Bonchev–Trinajstić information content (AvgIpc) is 3.14. The van der Waals surface area contributed by atoms with Crippen LogP contribution < -0.4 is 10.1 Å². The van der Waals surface area contributed by atoms with Crippen LogP contribution in [0.2, 0.25) is 0 Å². The fraction of sp³-hybridized carbons (Fsp3) is 0.538. The number of hydrogen-bond acceptors (Lipinski definition) is 3. The lowest BCUT2D eigenvalue weighted by Crippen LogP contribution is -2.25. The quantitative estimate of drug-likeness (QED) is 0.765. The lowest BCUT2D eigenvalue weighted by molar-refractivity contribution is 0.258. The van der Waals surface area contributed by atoms with E-state index >= 15 is 0 Å². The minimum Gasteiger partial charge on any atom is -0.496 e. The number of rotatable bonds is 6. The zero-order valence-corrected chi connectivity index (χ0v) is 9.65. The molecule has 0 radical (unpaired) electrons. The summed E-state index contributed by atoms with van der Waals surface area (Å²) in [4.78, 5) is 0. The third kappa shape index (κ3) is 2.74. The summed E-state index contributed by atoms with van der Waals surface area (Å²) in [5.41, 5.74) is 1.08. The van der Waals surface area contributed by atoms with Crippen LogP contribution in [0.1, 0.15) is 24.3 Å². The molecular formula is C13H19NO2. The monoisotopic (exact) mass is 221 g/mol. The minimum absolute atomic E-state index is 0.122. The molecule has 0 amide bonds. The molecule has 0 aliphatic heterocycles. The number of hydrogen-bond donors (Lipinski definition) is 2. The van der Waals surface area contributed by atoms with E-state index in [4.69, 9.17) is 4.74 Å². The predicted octanol–water partition coefficient (Wildman–Crippen LogP) is 1.52. The Morgan fingerprint density at radius 3 is 2.81 bits per heavy atom. The topological polar surface area (TPSA) is 41.5 Å². The molecule has 1 unspecified atom stereocenters. The highest BCUT2D eigenvalue weighted by molar-refractivity contribution is 5.36. The van der Waals surface area contributed by atoms with Gasteiger partial charge in [-0.05, 0) is 18.9 Å². The van der Waals surface area contributed by atoms with E-state index in [-0.39, 0.29) is 12.5 Å². The van der Waals surface area contributed by atoms with Crippen LogP contribution in [-0.2, 0) is 0 Å². The molecule has 2 rings (SSSR count). The summed E-state index contributed by atoms with van der Waals surface area (Å²) in [6.07, 6.45) is 2.54. The lowest BCUT2D eigenvalue weighted by atomic mass is 9.99. The van der Waals surface area contributed by atoms with Crippen molar-refractivity contribution in [1.82, 2.24) is 5.32 Å². The first-order valence-corrected chi connectivity index (χ1v) is 5.82. The molecule has 3 nitrogen and oxygen atoms in total. The highest BCUT2D eigenvalue weighted by Gasteiger charge is 2.23. The molecule has 88 valence electrons. The van der Waals surface area contributed by atoms with Crippen LogP contribution >= 0.6 is 0 Å². The van der Waals surface area contributed by atoms with Gasteiger partial charge in [-0.15, -0.1) is 0 Å². The molecule has 0 bridgehead atoms. The summed E-state index contributed by atoms with van der Waals surface area (Å²) in [6, 6.07) is 8.57.